The van der Waals surface area contributed by atoms with Crippen molar-refractivity contribution in [2.45, 2.75) is 13.3 Å². The molecule has 0 radical (unpaired) electrons. The summed E-state index contributed by atoms with van der Waals surface area (Å²) >= 11 is 0. The van der Waals surface area contributed by atoms with E-state index in [-0.39, 0.29) is 23.6 Å². The largest absolute Gasteiger partial charge is 0.490 e. The monoisotopic (exact) mass is 438 g/mol. The van der Waals surface area contributed by atoms with Crippen molar-refractivity contribution in [3.05, 3.63) is 65.2 Å². The van der Waals surface area contributed by atoms with Crippen LogP contribution >= 0.6 is 0 Å². The molecule has 0 aliphatic carbocycles. The Morgan fingerprint density at radius 2 is 1.81 bits per heavy atom. The van der Waals surface area contributed by atoms with E-state index in [1.807, 2.05) is 30.3 Å². The molecule has 0 spiro atoms. The van der Waals surface area contributed by atoms with Crippen LogP contribution in [0, 0.1) is 0 Å². The lowest BCUT2D eigenvalue weighted by Crippen LogP contribution is -2.54. The summed E-state index contributed by atoms with van der Waals surface area (Å²) in [5.41, 5.74) is 1.21. The number of carboxylic acids is 1. The fourth-order valence-corrected chi connectivity index (χ4v) is 3.09. The predicted molar refractivity (Wildman–Crippen MR) is 114 cm³/mol. The van der Waals surface area contributed by atoms with Crippen molar-refractivity contribution in [1.82, 2.24) is 10.2 Å². The Balaban J connectivity index is 1.82. The number of barbiturate groups is 1. The van der Waals surface area contributed by atoms with Crippen LogP contribution in [0.4, 0.5) is 4.79 Å². The number of nitrogens with zero attached hydrogens (tertiary/aromatic N) is 1. The second-order valence-corrected chi connectivity index (χ2v) is 6.83. The number of amides is 4. The number of carbonyl (C=O) groups excluding carboxylic acids is 3. The quantitative estimate of drug-likeness (QED) is 0.455. The first-order valence-electron chi connectivity index (χ1n) is 9.93. The molecule has 2 N–H and O–H groups in total. The molecular weight excluding hydrogens is 416 g/mol. The van der Waals surface area contributed by atoms with Gasteiger partial charge in [0.2, 0.25) is 0 Å². The molecule has 0 atom stereocenters. The molecule has 0 saturated carbocycles. The van der Waals surface area contributed by atoms with Gasteiger partial charge in [-0.15, -0.1) is 0 Å². The standard InChI is InChI=1S/C23H22N2O7/c1-2-31-19-13-16(8-9-18(19)32-14-20(26)27)12-17-21(28)24-23(30)25(22(17)29)11-10-15-6-4-3-5-7-15/h3-9,12-13H,2,10-11,14H2,1H3,(H,26,27)(H,24,28,30)/b17-12-. The first kappa shape index (κ1) is 22.5. The topological polar surface area (TPSA) is 122 Å². The normalized spacial score (nSPS) is 15.0. The number of nitrogens with one attached hydrogen (secondary N) is 1. The maximum Gasteiger partial charge on any atom is 0.341 e. The smallest absolute Gasteiger partial charge is 0.341 e. The molecule has 166 valence electrons. The first-order chi connectivity index (χ1) is 15.4. The van der Waals surface area contributed by atoms with Crippen LogP contribution in [0.3, 0.4) is 0 Å². The third-order valence-corrected chi connectivity index (χ3v) is 4.58. The summed E-state index contributed by atoms with van der Waals surface area (Å²) < 4.78 is 10.7. The highest BCUT2D eigenvalue weighted by Gasteiger charge is 2.35. The molecule has 9 heteroatoms. The second kappa shape index (κ2) is 10.3. The molecule has 1 saturated heterocycles. The lowest BCUT2D eigenvalue weighted by molar-refractivity contribution is -0.139. The molecule has 3 rings (SSSR count). The molecule has 1 aliphatic heterocycles. The lowest BCUT2D eigenvalue weighted by atomic mass is 10.1. The molecule has 2 aromatic rings. The zero-order valence-corrected chi connectivity index (χ0v) is 17.4. The highest BCUT2D eigenvalue weighted by molar-refractivity contribution is 6.31. The Morgan fingerprint density at radius 1 is 1.06 bits per heavy atom. The fourth-order valence-electron chi connectivity index (χ4n) is 3.09. The van der Waals surface area contributed by atoms with Crippen LogP contribution in [0.2, 0.25) is 0 Å². The van der Waals surface area contributed by atoms with Crippen molar-refractivity contribution in [1.29, 1.82) is 0 Å². The summed E-state index contributed by atoms with van der Waals surface area (Å²) in [6.07, 6.45) is 1.80. The van der Waals surface area contributed by atoms with E-state index in [4.69, 9.17) is 14.6 Å². The molecule has 2 aromatic carbocycles. The van der Waals surface area contributed by atoms with Crippen LogP contribution in [0.15, 0.2) is 54.1 Å². The molecular formula is C23H22N2O7. The number of hydrogen-bond acceptors (Lipinski definition) is 6. The van der Waals surface area contributed by atoms with E-state index >= 15 is 0 Å². The van der Waals surface area contributed by atoms with Crippen LogP contribution in [-0.4, -0.2) is 53.6 Å². The molecule has 1 fully saturated rings. The van der Waals surface area contributed by atoms with Crippen LogP contribution in [0.1, 0.15) is 18.1 Å². The van der Waals surface area contributed by atoms with Gasteiger partial charge in [-0.05, 0) is 42.7 Å². The SMILES string of the molecule is CCOc1cc(/C=C2/C(=O)NC(=O)N(CCc3ccccc3)C2=O)ccc1OCC(=O)O. The van der Waals surface area contributed by atoms with E-state index in [0.29, 0.717) is 18.6 Å². The molecule has 32 heavy (non-hydrogen) atoms. The molecule has 4 amide bonds. The zero-order chi connectivity index (χ0) is 23.1. The Labute approximate surface area is 184 Å². The predicted octanol–water partition coefficient (Wildman–Crippen LogP) is 2.25. The molecule has 9 nitrogen and oxygen atoms in total. The van der Waals surface area contributed by atoms with E-state index in [2.05, 4.69) is 5.32 Å². The maximum absolute atomic E-state index is 12.9. The molecule has 0 bridgehead atoms. The van der Waals surface area contributed by atoms with Crippen molar-refractivity contribution in [3.8, 4) is 11.5 Å². The number of aliphatic carboxylic acids is 1. The summed E-state index contributed by atoms with van der Waals surface area (Å²) in [5.74, 6) is -2.14. The fraction of sp³-hybridized carbons (Fsp3) is 0.217. The van der Waals surface area contributed by atoms with Crippen molar-refractivity contribution in [3.63, 3.8) is 0 Å². The third-order valence-electron chi connectivity index (χ3n) is 4.58. The van der Waals surface area contributed by atoms with Crippen molar-refractivity contribution in [2.75, 3.05) is 19.8 Å². The Kier molecular flexibility index (Phi) is 7.22. The van der Waals surface area contributed by atoms with Crippen LogP contribution in [0.5, 0.6) is 11.5 Å². The molecule has 0 aromatic heterocycles. The van der Waals surface area contributed by atoms with Gasteiger partial charge < -0.3 is 14.6 Å². The average Bonchev–Trinajstić information content (AvgIpc) is 2.76. The van der Waals surface area contributed by atoms with Gasteiger partial charge in [-0.2, -0.15) is 0 Å². The first-order valence-corrected chi connectivity index (χ1v) is 9.93. The van der Waals surface area contributed by atoms with Gasteiger partial charge in [-0.3, -0.25) is 19.8 Å². The van der Waals surface area contributed by atoms with Crippen LogP contribution in [0.25, 0.3) is 6.08 Å². The number of imide groups is 2. The molecule has 1 aliphatic rings. The van der Waals surface area contributed by atoms with Crippen molar-refractivity contribution < 1.29 is 33.8 Å². The number of urea groups is 1. The molecule has 1 heterocycles. The van der Waals surface area contributed by atoms with Gasteiger partial charge in [0.25, 0.3) is 11.8 Å². The third kappa shape index (κ3) is 5.51. The summed E-state index contributed by atoms with van der Waals surface area (Å²) in [4.78, 5) is 49.2. The summed E-state index contributed by atoms with van der Waals surface area (Å²) in [7, 11) is 0. The second-order valence-electron chi connectivity index (χ2n) is 6.83. The van der Waals surface area contributed by atoms with Crippen LogP contribution < -0.4 is 14.8 Å². The van der Waals surface area contributed by atoms with Gasteiger partial charge >= 0.3 is 12.0 Å². The lowest BCUT2D eigenvalue weighted by Gasteiger charge is -2.26. The van der Waals surface area contributed by atoms with E-state index in [1.165, 1.54) is 18.2 Å². The minimum atomic E-state index is -1.14. The number of carbonyl (C=O) groups is 4. The Morgan fingerprint density at radius 3 is 2.50 bits per heavy atom. The van der Waals surface area contributed by atoms with Gasteiger partial charge in [-0.25, -0.2) is 9.59 Å². The van der Waals surface area contributed by atoms with E-state index in [1.54, 1.807) is 13.0 Å². The highest BCUT2D eigenvalue weighted by Crippen LogP contribution is 2.30. The minimum Gasteiger partial charge on any atom is -0.490 e. The van der Waals surface area contributed by atoms with Gasteiger partial charge in [0.1, 0.15) is 5.57 Å². The Bertz CT molecular complexity index is 1060. The zero-order valence-electron chi connectivity index (χ0n) is 17.4. The number of rotatable bonds is 9. The number of carboxylic acid groups (broad SMARTS) is 1. The summed E-state index contributed by atoms with van der Waals surface area (Å²) in [6, 6.07) is 13.2. The minimum absolute atomic E-state index is 0.117. The van der Waals surface area contributed by atoms with E-state index in [9.17, 15) is 19.2 Å². The van der Waals surface area contributed by atoms with E-state index in [0.717, 1.165) is 10.5 Å². The van der Waals surface area contributed by atoms with Gasteiger partial charge in [0, 0.05) is 6.54 Å². The Hall–Kier alpha value is -4.14. The van der Waals surface area contributed by atoms with Gasteiger partial charge in [-0.1, -0.05) is 36.4 Å². The van der Waals surface area contributed by atoms with Gasteiger partial charge in [0.15, 0.2) is 18.1 Å². The maximum atomic E-state index is 12.9. The highest BCUT2D eigenvalue weighted by atomic mass is 16.5. The number of benzene rings is 2. The van der Waals surface area contributed by atoms with E-state index < -0.39 is 30.4 Å². The van der Waals surface area contributed by atoms with Gasteiger partial charge in [0.05, 0.1) is 6.61 Å². The van der Waals surface area contributed by atoms with Crippen molar-refractivity contribution >= 4 is 29.9 Å². The summed E-state index contributed by atoms with van der Waals surface area (Å²) in [5, 5.41) is 11.0. The average molecular weight is 438 g/mol. The van der Waals surface area contributed by atoms with Crippen LogP contribution in [-0.2, 0) is 20.8 Å². The molecule has 0 unspecified atom stereocenters. The van der Waals surface area contributed by atoms with Crippen molar-refractivity contribution in [2.24, 2.45) is 0 Å². The number of ether oxygens (including phenoxy) is 2. The summed E-state index contributed by atoms with van der Waals surface area (Å²) in [6.45, 7) is 1.62. The number of hydrogen-bond donors (Lipinski definition) is 2.